The van der Waals surface area contributed by atoms with Crippen molar-refractivity contribution in [1.29, 1.82) is 0 Å². The fourth-order valence-electron chi connectivity index (χ4n) is 2.60. The largest absolute Gasteiger partial charge is 0.300 e. The zero-order valence-corrected chi connectivity index (χ0v) is 12.0. The van der Waals surface area contributed by atoms with E-state index in [0.29, 0.717) is 0 Å². The van der Waals surface area contributed by atoms with E-state index in [1.807, 2.05) is 0 Å². The lowest BCUT2D eigenvalue weighted by atomic mass is 10.1. The van der Waals surface area contributed by atoms with Crippen molar-refractivity contribution < 1.29 is 0 Å². The summed E-state index contributed by atoms with van der Waals surface area (Å²) in [5.41, 5.74) is 0. The minimum atomic E-state index is 0.841. The van der Waals surface area contributed by atoms with Gasteiger partial charge in [0.05, 0.1) is 0 Å². The lowest BCUT2D eigenvalue weighted by Crippen LogP contribution is -2.35. The fourth-order valence-corrected chi connectivity index (χ4v) is 2.82. The summed E-state index contributed by atoms with van der Waals surface area (Å²) in [5.74, 6) is 1.89. The van der Waals surface area contributed by atoms with E-state index >= 15 is 0 Å². The van der Waals surface area contributed by atoms with Crippen LogP contribution in [0.3, 0.4) is 0 Å². The van der Waals surface area contributed by atoms with Crippen LogP contribution in [0, 0.1) is 5.92 Å². The smallest absolute Gasteiger partial charge is 0.00952 e. The highest BCUT2D eigenvalue weighted by Gasteiger charge is 2.21. The highest BCUT2D eigenvalue weighted by atomic mass is 32.1. The van der Waals surface area contributed by atoms with E-state index in [-0.39, 0.29) is 0 Å². The van der Waals surface area contributed by atoms with Gasteiger partial charge in [0.25, 0.3) is 0 Å². The molecule has 0 N–H and O–H groups in total. The van der Waals surface area contributed by atoms with E-state index < -0.39 is 0 Å². The summed E-state index contributed by atoms with van der Waals surface area (Å²) >= 11 is 4.30. The average molecular weight is 243 g/mol. The van der Waals surface area contributed by atoms with Gasteiger partial charge in [0.2, 0.25) is 0 Å². The Morgan fingerprint density at radius 2 is 1.81 bits per heavy atom. The highest BCUT2D eigenvalue weighted by Crippen LogP contribution is 2.24. The van der Waals surface area contributed by atoms with Crippen molar-refractivity contribution in [2.45, 2.75) is 64.8 Å². The van der Waals surface area contributed by atoms with Gasteiger partial charge in [-0.1, -0.05) is 26.7 Å². The van der Waals surface area contributed by atoms with Crippen molar-refractivity contribution in [2.24, 2.45) is 5.92 Å². The number of nitrogens with zero attached hydrogens (tertiary/aromatic N) is 1. The van der Waals surface area contributed by atoms with Crippen LogP contribution in [-0.4, -0.2) is 29.8 Å². The molecule has 0 amide bonds. The second-order valence-electron chi connectivity index (χ2n) is 5.59. The molecule has 0 bridgehead atoms. The Bertz CT molecular complexity index is 164. The first-order valence-electron chi connectivity index (χ1n) is 7.09. The van der Waals surface area contributed by atoms with Crippen LogP contribution in [0.15, 0.2) is 0 Å². The molecule has 0 aromatic rings. The summed E-state index contributed by atoms with van der Waals surface area (Å²) in [4.78, 5) is 2.76. The van der Waals surface area contributed by atoms with E-state index in [2.05, 4.69) is 31.4 Å². The predicted molar refractivity (Wildman–Crippen MR) is 76.4 cm³/mol. The number of hydrogen-bond donors (Lipinski definition) is 1. The molecule has 1 fully saturated rings. The van der Waals surface area contributed by atoms with Crippen LogP contribution in [0.1, 0.15) is 58.8 Å². The van der Waals surface area contributed by atoms with Crippen molar-refractivity contribution >= 4 is 12.6 Å². The molecule has 1 nitrogen and oxygen atoms in total. The van der Waals surface area contributed by atoms with E-state index in [1.54, 1.807) is 0 Å². The summed E-state index contributed by atoms with van der Waals surface area (Å²) in [5, 5.41) is 0. The highest BCUT2D eigenvalue weighted by molar-refractivity contribution is 7.80. The molecule has 0 unspecified atom stereocenters. The lowest BCUT2D eigenvalue weighted by Gasteiger charge is -2.29. The van der Waals surface area contributed by atoms with Crippen LogP contribution in [0.2, 0.25) is 0 Å². The van der Waals surface area contributed by atoms with Crippen LogP contribution in [-0.2, 0) is 0 Å². The van der Waals surface area contributed by atoms with Gasteiger partial charge < -0.3 is 4.90 Å². The molecule has 96 valence electrons. The van der Waals surface area contributed by atoms with Crippen molar-refractivity contribution in [2.75, 3.05) is 18.8 Å². The third-order valence-corrected chi connectivity index (χ3v) is 4.00. The molecule has 1 rings (SSSR count). The number of hydrogen-bond acceptors (Lipinski definition) is 2. The van der Waals surface area contributed by atoms with Gasteiger partial charge in [0.1, 0.15) is 0 Å². The summed E-state index contributed by atoms with van der Waals surface area (Å²) in [6.45, 7) is 7.29. The van der Waals surface area contributed by atoms with E-state index in [4.69, 9.17) is 0 Å². The molecule has 0 atom stereocenters. The number of unbranched alkanes of at least 4 members (excludes halogenated alkanes) is 1. The molecule has 16 heavy (non-hydrogen) atoms. The molecule has 0 heterocycles. The summed E-state index contributed by atoms with van der Waals surface area (Å²) in [7, 11) is 0. The predicted octanol–water partition coefficient (Wildman–Crippen LogP) is 3.99. The Morgan fingerprint density at radius 1 is 1.12 bits per heavy atom. The van der Waals surface area contributed by atoms with Crippen molar-refractivity contribution in [3.63, 3.8) is 0 Å². The maximum atomic E-state index is 4.30. The fraction of sp³-hybridized carbons (Fsp3) is 1.00. The van der Waals surface area contributed by atoms with Crippen molar-refractivity contribution in [3.8, 4) is 0 Å². The Morgan fingerprint density at radius 3 is 2.38 bits per heavy atom. The summed E-state index contributed by atoms with van der Waals surface area (Å²) < 4.78 is 0. The van der Waals surface area contributed by atoms with Crippen LogP contribution in [0.5, 0.6) is 0 Å². The Kier molecular flexibility index (Phi) is 7.55. The lowest BCUT2D eigenvalue weighted by molar-refractivity contribution is 0.185. The van der Waals surface area contributed by atoms with E-state index in [1.165, 1.54) is 58.0 Å². The first kappa shape index (κ1) is 14.4. The van der Waals surface area contributed by atoms with E-state index in [0.717, 1.165) is 17.7 Å². The van der Waals surface area contributed by atoms with Gasteiger partial charge in [0.15, 0.2) is 0 Å². The molecular formula is C14H29NS. The molecular weight excluding hydrogens is 214 g/mol. The molecule has 1 saturated carbocycles. The third-order valence-electron chi connectivity index (χ3n) is 3.69. The number of thiol groups is 1. The van der Waals surface area contributed by atoms with Crippen LogP contribution >= 0.6 is 12.6 Å². The molecule has 0 radical (unpaired) electrons. The zero-order valence-electron chi connectivity index (χ0n) is 11.1. The van der Waals surface area contributed by atoms with Crippen LogP contribution in [0.25, 0.3) is 0 Å². The van der Waals surface area contributed by atoms with Crippen LogP contribution in [0.4, 0.5) is 0 Å². The second-order valence-corrected chi connectivity index (χ2v) is 6.03. The molecule has 0 aromatic heterocycles. The van der Waals surface area contributed by atoms with Gasteiger partial charge in [-0.2, -0.15) is 12.6 Å². The van der Waals surface area contributed by atoms with Crippen LogP contribution < -0.4 is 0 Å². The standard InChI is InChI=1S/C14H29NS/c1-13(2)9-11-15(10-5-6-12-16)14-7-3-4-8-14/h13-14,16H,3-12H2,1-2H3. The Hall–Kier alpha value is 0.310. The maximum absolute atomic E-state index is 4.30. The second kappa shape index (κ2) is 8.41. The van der Waals surface area contributed by atoms with Gasteiger partial charge in [-0.3, -0.25) is 0 Å². The zero-order chi connectivity index (χ0) is 11.8. The summed E-state index contributed by atoms with van der Waals surface area (Å²) in [6.07, 6.45) is 9.76. The van der Waals surface area contributed by atoms with Gasteiger partial charge >= 0.3 is 0 Å². The minimum absolute atomic E-state index is 0.841. The topological polar surface area (TPSA) is 3.24 Å². The molecule has 0 aromatic carbocycles. The molecule has 2 heteroatoms. The third kappa shape index (κ3) is 5.58. The SMILES string of the molecule is CC(C)CCN(CCCCS)C1CCCC1. The van der Waals surface area contributed by atoms with E-state index in [9.17, 15) is 0 Å². The quantitative estimate of drug-likeness (QED) is 0.498. The van der Waals surface area contributed by atoms with Gasteiger partial charge in [-0.05, 0) is 56.9 Å². The minimum Gasteiger partial charge on any atom is -0.300 e. The molecule has 0 aliphatic heterocycles. The Balaban J connectivity index is 2.28. The molecule has 1 aliphatic rings. The maximum Gasteiger partial charge on any atom is 0.00952 e. The Labute approximate surface area is 107 Å². The normalized spacial score (nSPS) is 17.8. The van der Waals surface area contributed by atoms with Gasteiger partial charge in [-0.15, -0.1) is 0 Å². The molecule has 0 spiro atoms. The molecule has 0 saturated heterocycles. The summed E-state index contributed by atoms with van der Waals surface area (Å²) in [6, 6.07) is 0.902. The van der Waals surface area contributed by atoms with Gasteiger partial charge in [0, 0.05) is 6.04 Å². The number of rotatable bonds is 8. The van der Waals surface area contributed by atoms with Crippen molar-refractivity contribution in [3.05, 3.63) is 0 Å². The monoisotopic (exact) mass is 243 g/mol. The van der Waals surface area contributed by atoms with Crippen molar-refractivity contribution in [1.82, 2.24) is 4.90 Å². The first-order valence-corrected chi connectivity index (χ1v) is 7.72. The average Bonchev–Trinajstić information content (AvgIpc) is 2.76. The van der Waals surface area contributed by atoms with Gasteiger partial charge in [-0.25, -0.2) is 0 Å². The molecule has 1 aliphatic carbocycles. The first-order chi connectivity index (χ1) is 7.74.